The molecule has 6 nitrogen and oxygen atoms in total. The van der Waals surface area contributed by atoms with Crippen LogP contribution in [0.4, 0.5) is 0 Å². The van der Waals surface area contributed by atoms with E-state index in [2.05, 4.69) is 15.3 Å². The van der Waals surface area contributed by atoms with Crippen LogP contribution in [0.1, 0.15) is 12.5 Å². The number of imidazole rings is 1. The lowest BCUT2D eigenvalue weighted by molar-refractivity contribution is -0.118. The highest BCUT2D eigenvalue weighted by molar-refractivity contribution is 7.99. The van der Waals surface area contributed by atoms with Gasteiger partial charge in [0.2, 0.25) is 5.91 Å². The zero-order valence-electron chi connectivity index (χ0n) is 15.5. The third-order valence-corrected chi connectivity index (χ3v) is 4.64. The average Bonchev–Trinajstić information content (AvgIpc) is 3.06. The predicted octanol–water partition coefficient (Wildman–Crippen LogP) is 3.56. The number of fused-ring (bicyclic) bond motifs is 1. The first kappa shape index (κ1) is 19.1. The summed E-state index contributed by atoms with van der Waals surface area (Å²) in [6, 6.07) is 13.6. The summed E-state index contributed by atoms with van der Waals surface area (Å²) >= 11 is 1.37. The van der Waals surface area contributed by atoms with E-state index in [-0.39, 0.29) is 5.91 Å². The van der Waals surface area contributed by atoms with Gasteiger partial charge in [0, 0.05) is 6.07 Å². The molecule has 0 saturated carbocycles. The number of rotatable bonds is 9. The monoisotopic (exact) mass is 385 g/mol. The Morgan fingerprint density at radius 3 is 2.85 bits per heavy atom. The second-order valence-corrected chi connectivity index (χ2v) is 6.92. The summed E-state index contributed by atoms with van der Waals surface area (Å²) in [6.07, 6.45) is 0. The van der Waals surface area contributed by atoms with Crippen molar-refractivity contribution in [1.29, 1.82) is 0 Å². The van der Waals surface area contributed by atoms with Crippen molar-refractivity contribution in [1.82, 2.24) is 15.3 Å². The van der Waals surface area contributed by atoms with E-state index in [0.29, 0.717) is 30.7 Å². The first-order valence-electron chi connectivity index (χ1n) is 8.85. The summed E-state index contributed by atoms with van der Waals surface area (Å²) in [5.41, 5.74) is 2.90. The highest BCUT2D eigenvalue weighted by Crippen LogP contribution is 2.23. The number of hydrogen-bond donors (Lipinski definition) is 2. The van der Waals surface area contributed by atoms with Crippen molar-refractivity contribution in [3.63, 3.8) is 0 Å². The number of carbonyl (C=O) groups is 1. The van der Waals surface area contributed by atoms with Crippen molar-refractivity contribution in [3.8, 4) is 11.5 Å². The van der Waals surface area contributed by atoms with Crippen LogP contribution in [0.3, 0.4) is 0 Å². The summed E-state index contributed by atoms with van der Waals surface area (Å²) in [5.74, 6) is 1.86. The van der Waals surface area contributed by atoms with Crippen LogP contribution in [0.15, 0.2) is 47.6 Å². The Kier molecular flexibility index (Phi) is 6.59. The quantitative estimate of drug-likeness (QED) is 0.435. The minimum atomic E-state index is -0.0525. The molecule has 2 N–H and O–H groups in total. The van der Waals surface area contributed by atoms with Gasteiger partial charge in [0.15, 0.2) is 5.16 Å². The van der Waals surface area contributed by atoms with Gasteiger partial charge in [-0.25, -0.2) is 4.98 Å². The number of carbonyl (C=O) groups excluding carboxylic acids is 1. The summed E-state index contributed by atoms with van der Waals surface area (Å²) in [4.78, 5) is 19.7. The summed E-state index contributed by atoms with van der Waals surface area (Å²) in [5, 5.41) is 3.56. The Labute approximate surface area is 162 Å². The SMILES string of the molecule is CCOc1ccc2nc(SCC(=O)NCCOc3cccc(C)c3)[nH]c2c1. The van der Waals surface area contributed by atoms with E-state index in [1.807, 2.05) is 56.3 Å². The fourth-order valence-electron chi connectivity index (χ4n) is 2.54. The van der Waals surface area contributed by atoms with Crippen molar-refractivity contribution in [2.45, 2.75) is 19.0 Å². The molecule has 0 spiro atoms. The number of H-pyrrole nitrogens is 1. The van der Waals surface area contributed by atoms with Crippen LogP contribution in [-0.2, 0) is 4.79 Å². The Morgan fingerprint density at radius 1 is 1.19 bits per heavy atom. The standard InChI is InChI=1S/C20H23N3O3S/c1-3-25-16-7-8-17-18(12-16)23-20(22-17)27-13-19(24)21-9-10-26-15-6-4-5-14(2)11-15/h4-8,11-12H,3,9-10,13H2,1-2H3,(H,21,24)(H,22,23). The third-order valence-electron chi connectivity index (χ3n) is 3.77. The summed E-state index contributed by atoms with van der Waals surface area (Å²) < 4.78 is 11.1. The normalized spacial score (nSPS) is 10.7. The smallest absolute Gasteiger partial charge is 0.230 e. The van der Waals surface area contributed by atoms with E-state index < -0.39 is 0 Å². The Hall–Kier alpha value is -2.67. The van der Waals surface area contributed by atoms with Gasteiger partial charge in [-0.2, -0.15) is 0 Å². The molecule has 1 amide bonds. The highest BCUT2D eigenvalue weighted by atomic mass is 32.2. The maximum Gasteiger partial charge on any atom is 0.230 e. The molecule has 0 atom stereocenters. The zero-order valence-corrected chi connectivity index (χ0v) is 16.3. The van der Waals surface area contributed by atoms with Crippen LogP contribution in [0.5, 0.6) is 11.5 Å². The van der Waals surface area contributed by atoms with Crippen LogP contribution < -0.4 is 14.8 Å². The molecular weight excluding hydrogens is 362 g/mol. The lowest BCUT2D eigenvalue weighted by Crippen LogP contribution is -2.29. The van der Waals surface area contributed by atoms with Crippen LogP contribution in [0.2, 0.25) is 0 Å². The first-order chi connectivity index (χ1) is 13.1. The number of aromatic amines is 1. The van der Waals surface area contributed by atoms with Gasteiger partial charge in [-0.3, -0.25) is 4.79 Å². The number of amides is 1. The zero-order chi connectivity index (χ0) is 19.1. The number of ether oxygens (including phenoxy) is 2. The molecule has 0 aliphatic heterocycles. The van der Waals surface area contributed by atoms with Crippen LogP contribution in [-0.4, -0.2) is 41.4 Å². The molecule has 0 radical (unpaired) electrons. The molecule has 0 aliphatic rings. The van der Waals surface area contributed by atoms with Crippen molar-refractivity contribution in [3.05, 3.63) is 48.0 Å². The van der Waals surface area contributed by atoms with Crippen molar-refractivity contribution in [2.75, 3.05) is 25.5 Å². The Balaban J connectivity index is 1.41. The van der Waals surface area contributed by atoms with Crippen molar-refractivity contribution >= 4 is 28.7 Å². The highest BCUT2D eigenvalue weighted by Gasteiger charge is 2.08. The van der Waals surface area contributed by atoms with Gasteiger partial charge in [0.05, 0.1) is 29.9 Å². The fraction of sp³-hybridized carbons (Fsp3) is 0.300. The van der Waals surface area contributed by atoms with E-state index in [1.54, 1.807) is 0 Å². The maximum absolute atomic E-state index is 12.0. The molecule has 142 valence electrons. The van der Waals surface area contributed by atoms with Gasteiger partial charge in [-0.15, -0.1) is 0 Å². The van der Waals surface area contributed by atoms with Crippen LogP contribution in [0.25, 0.3) is 11.0 Å². The first-order valence-corrected chi connectivity index (χ1v) is 9.84. The number of aromatic nitrogens is 2. The largest absolute Gasteiger partial charge is 0.494 e. The second kappa shape index (κ2) is 9.32. The van der Waals surface area contributed by atoms with E-state index in [9.17, 15) is 4.79 Å². The number of hydrogen-bond acceptors (Lipinski definition) is 5. The number of aryl methyl sites for hydroxylation is 1. The third kappa shape index (κ3) is 5.65. The van der Waals surface area contributed by atoms with Crippen LogP contribution >= 0.6 is 11.8 Å². The topological polar surface area (TPSA) is 76.2 Å². The number of benzene rings is 2. The van der Waals surface area contributed by atoms with Crippen molar-refractivity contribution < 1.29 is 14.3 Å². The minimum absolute atomic E-state index is 0.0525. The van der Waals surface area contributed by atoms with Gasteiger partial charge in [0.25, 0.3) is 0 Å². The molecule has 3 aromatic rings. The second-order valence-electron chi connectivity index (χ2n) is 5.96. The Bertz CT molecular complexity index is 910. The van der Waals surface area contributed by atoms with Gasteiger partial charge >= 0.3 is 0 Å². The maximum atomic E-state index is 12.0. The molecule has 0 aliphatic carbocycles. The van der Waals surface area contributed by atoms with Gasteiger partial charge in [-0.05, 0) is 43.7 Å². The Morgan fingerprint density at radius 2 is 2.04 bits per heavy atom. The van der Waals surface area contributed by atoms with Crippen LogP contribution in [0, 0.1) is 6.92 Å². The van der Waals surface area contributed by atoms with E-state index in [1.165, 1.54) is 11.8 Å². The lowest BCUT2D eigenvalue weighted by atomic mass is 10.2. The molecule has 0 fully saturated rings. The van der Waals surface area contributed by atoms with E-state index >= 15 is 0 Å². The molecule has 7 heteroatoms. The molecule has 0 unspecified atom stereocenters. The van der Waals surface area contributed by atoms with Gasteiger partial charge < -0.3 is 19.8 Å². The predicted molar refractivity (Wildman–Crippen MR) is 108 cm³/mol. The molecule has 0 saturated heterocycles. The number of nitrogens with zero attached hydrogens (tertiary/aromatic N) is 1. The molecule has 1 aromatic heterocycles. The van der Waals surface area contributed by atoms with E-state index in [4.69, 9.17) is 9.47 Å². The number of thioether (sulfide) groups is 1. The lowest BCUT2D eigenvalue weighted by Gasteiger charge is -2.08. The molecular formula is C20H23N3O3S. The molecule has 0 bridgehead atoms. The molecule has 2 aromatic carbocycles. The average molecular weight is 385 g/mol. The summed E-state index contributed by atoms with van der Waals surface area (Å²) in [7, 11) is 0. The minimum Gasteiger partial charge on any atom is -0.494 e. The molecule has 3 rings (SSSR count). The molecule has 27 heavy (non-hydrogen) atoms. The fourth-order valence-corrected chi connectivity index (χ4v) is 3.25. The van der Waals surface area contributed by atoms with Gasteiger partial charge in [-0.1, -0.05) is 23.9 Å². The summed E-state index contributed by atoms with van der Waals surface area (Å²) in [6.45, 7) is 5.48. The molecule has 1 heterocycles. The van der Waals surface area contributed by atoms with E-state index in [0.717, 1.165) is 28.1 Å². The number of nitrogens with one attached hydrogen (secondary N) is 2. The van der Waals surface area contributed by atoms with Crippen molar-refractivity contribution in [2.24, 2.45) is 0 Å². The van der Waals surface area contributed by atoms with Gasteiger partial charge in [0.1, 0.15) is 18.1 Å².